The Morgan fingerprint density at radius 2 is 2.08 bits per heavy atom. The van der Waals surface area contributed by atoms with Gasteiger partial charge in [0.25, 0.3) is 5.91 Å². The molecule has 0 radical (unpaired) electrons. The number of nitrogens with one attached hydrogen (secondary N) is 1. The predicted octanol–water partition coefficient (Wildman–Crippen LogP) is 1.88. The molecule has 0 saturated carbocycles. The van der Waals surface area contributed by atoms with E-state index in [2.05, 4.69) is 53.2 Å². The number of carbonyl (C=O) groups is 1. The molecule has 0 aliphatic carbocycles. The Labute approximate surface area is 151 Å². The predicted molar refractivity (Wildman–Crippen MR) is 99.3 cm³/mol. The third-order valence-electron chi connectivity index (χ3n) is 5.46. The minimum Gasteiger partial charge on any atom is -0.366 e. The number of likely N-dealkylation sites (tertiary alicyclic amines) is 1. The lowest BCUT2D eigenvalue weighted by Gasteiger charge is -2.38. The molecule has 0 aromatic heterocycles. The number of rotatable bonds is 5. The van der Waals surface area contributed by atoms with E-state index in [0.717, 1.165) is 39.0 Å². The van der Waals surface area contributed by atoms with Gasteiger partial charge < -0.3 is 15.0 Å². The van der Waals surface area contributed by atoms with Gasteiger partial charge in [0.05, 0.1) is 6.61 Å². The van der Waals surface area contributed by atoms with E-state index in [1.807, 2.05) is 6.07 Å². The van der Waals surface area contributed by atoms with Crippen molar-refractivity contribution < 1.29 is 9.53 Å². The van der Waals surface area contributed by atoms with Crippen molar-refractivity contribution in [3.05, 3.63) is 35.9 Å². The molecular weight excluding hydrogens is 314 g/mol. The molecule has 2 saturated heterocycles. The quantitative estimate of drug-likeness (QED) is 0.885. The molecule has 0 unspecified atom stereocenters. The van der Waals surface area contributed by atoms with Crippen molar-refractivity contribution >= 4 is 5.91 Å². The van der Waals surface area contributed by atoms with Crippen molar-refractivity contribution in [2.75, 3.05) is 32.8 Å². The van der Waals surface area contributed by atoms with Crippen LogP contribution < -0.4 is 5.32 Å². The maximum Gasteiger partial charge on any atom is 0.250 e. The molecule has 1 N–H and O–H groups in total. The molecule has 1 aromatic carbocycles. The van der Waals surface area contributed by atoms with E-state index in [0.29, 0.717) is 19.2 Å². The van der Waals surface area contributed by atoms with Crippen LogP contribution in [0, 0.1) is 0 Å². The molecule has 2 aliphatic heterocycles. The van der Waals surface area contributed by atoms with E-state index in [-0.39, 0.29) is 18.1 Å². The summed E-state index contributed by atoms with van der Waals surface area (Å²) in [5.74, 6) is 0.0555. The van der Waals surface area contributed by atoms with Crippen molar-refractivity contribution in [3.8, 4) is 0 Å². The number of ether oxygens (including phenoxy) is 1. The fourth-order valence-electron chi connectivity index (χ4n) is 3.96. The summed E-state index contributed by atoms with van der Waals surface area (Å²) < 4.78 is 5.75. The van der Waals surface area contributed by atoms with Crippen LogP contribution in [0.1, 0.15) is 32.3 Å². The first-order valence-corrected chi connectivity index (χ1v) is 9.58. The van der Waals surface area contributed by atoms with Gasteiger partial charge in [0.1, 0.15) is 6.10 Å². The lowest BCUT2D eigenvalue weighted by Crippen LogP contribution is -2.54. The highest BCUT2D eigenvalue weighted by atomic mass is 16.5. The Kier molecular flexibility index (Phi) is 6.45. The summed E-state index contributed by atoms with van der Waals surface area (Å²) in [4.78, 5) is 17.4. The van der Waals surface area contributed by atoms with Crippen LogP contribution in [-0.2, 0) is 16.1 Å². The lowest BCUT2D eigenvalue weighted by atomic mass is 9.98. The first-order valence-electron chi connectivity index (χ1n) is 9.58. The van der Waals surface area contributed by atoms with Crippen molar-refractivity contribution in [2.45, 2.75) is 51.4 Å². The van der Waals surface area contributed by atoms with Gasteiger partial charge in [-0.2, -0.15) is 0 Å². The third kappa shape index (κ3) is 5.03. The second-order valence-corrected chi connectivity index (χ2v) is 7.29. The average Bonchev–Trinajstić information content (AvgIpc) is 2.63. The van der Waals surface area contributed by atoms with Crippen LogP contribution >= 0.6 is 0 Å². The number of carbonyl (C=O) groups excluding carboxylic acids is 1. The smallest absolute Gasteiger partial charge is 0.250 e. The average molecular weight is 345 g/mol. The Morgan fingerprint density at radius 3 is 2.80 bits per heavy atom. The number of morpholine rings is 1. The van der Waals surface area contributed by atoms with E-state index < -0.39 is 0 Å². The van der Waals surface area contributed by atoms with E-state index in [1.165, 1.54) is 5.56 Å². The minimum absolute atomic E-state index is 0.0555. The summed E-state index contributed by atoms with van der Waals surface area (Å²) in [7, 11) is 0. The maximum atomic E-state index is 12.6. The zero-order chi connectivity index (χ0) is 17.6. The standard InChI is InChI=1S/C20H31N3O2/c1-3-23-10-9-18(13-16(23)2)21-20(24)19-15-22(11-12-25-19)14-17-7-5-4-6-8-17/h4-8,16,18-19H,3,9-15H2,1-2H3,(H,21,24)/t16-,18+,19-/m1/s1. The van der Waals surface area contributed by atoms with Crippen LogP contribution in [0.15, 0.2) is 30.3 Å². The minimum atomic E-state index is -0.350. The van der Waals surface area contributed by atoms with E-state index in [9.17, 15) is 4.79 Å². The maximum absolute atomic E-state index is 12.6. The summed E-state index contributed by atoms with van der Waals surface area (Å²) >= 11 is 0. The van der Waals surface area contributed by atoms with E-state index in [4.69, 9.17) is 4.74 Å². The third-order valence-corrected chi connectivity index (χ3v) is 5.46. The van der Waals surface area contributed by atoms with Gasteiger partial charge >= 0.3 is 0 Å². The molecule has 0 bridgehead atoms. The largest absolute Gasteiger partial charge is 0.366 e. The van der Waals surface area contributed by atoms with Crippen molar-refractivity contribution in [1.29, 1.82) is 0 Å². The summed E-state index contributed by atoms with van der Waals surface area (Å²) in [6.45, 7) is 9.65. The van der Waals surface area contributed by atoms with Crippen LogP contribution in [0.2, 0.25) is 0 Å². The van der Waals surface area contributed by atoms with Crippen LogP contribution in [0.5, 0.6) is 0 Å². The highest BCUT2D eigenvalue weighted by molar-refractivity contribution is 5.81. The summed E-state index contributed by atoms with van der Waals surface area (Å²) in [6, 6.07) is 11.2. The number of piperidine rings is 1. The van der Waals surface area contributed by atoms with E-state index >= 15 is 0 Å². The zero-order valence-electron chi connectivity index (χ0n) is 15.5. The molecule has 25 heavy (non-hydrogen) atoms. The van der Waals surface area contributed by atoms with Crippen LogP contribution in [0.25, 0.3) is 0 Å². The van der Waals surface area contributed by atoms with Crippen LogP contribution in [0.4, 0.5) is 0 Å². The zero-order valence-corrected chi connectivity index (χ0v) is 15.5. The van der Waals surface area contributed by atoms with Gasteiger partial charge in [-0.15, -0.1) is 0 Å². The number of hydrogen-bond donors (Lipinski definition) is 1. The van der Waals surface area contributed by atoms with Crippen LogP contribution in [0.3, 0.4) is 0 Å². The Hall–Kier alpha value is -1.43. The fourth-order valence-corrected chi connectivity index (χ4v) is 3.96. The van der Waals surface area contributed by atoms with Gasteiger partial charge in [0.2, 0.25) is 0 Å². The Bertz CT molecular complexity index is 551. The number of benzene rings is 1. The van der Waals surface area contributed by atoms with E-state index in [1.54, 1.807) is 0 Å². The molecule has 5 nitrogen and oxygen atoms in total. The Balaban J connectivity index is 1.48. The molecule has 2 fully saturated rings. The molecule has 138 valence electrons. The highest BCUT2D eigenvalue weighted by Crippen LogP contribution is 2.18. The number of nitrogens with zero attached hydrogens (tertiary/aromatic N) is 2. The van der Waals surface area contributed by atoms with Gasteiger partial charge in [-0.25, -0.2) is 0 Å². The monoisotopic (exact) mass is 345 g/mol. The highest BCUT2D eigenvalue weighted by Gasteiger charge is 2.30. The first kappa shape index (κ1) is 18.4. The van der Waals surface area contributed by atoms with Crippen LogP contribution in [-0.4, -0.2) is 66.7 Å². The molecule has 0 spiro atoms. The first-order chi connectivity index (χ1) is 12.2. The molecule has 1 aromatic rings. The van der Waals surface area contributed by atoms with Gasteiger partial charge in [-0.3, -0.25) is 9.69 Å². The lowest BCUT2D eigenvalue weighted by molar-refractivity contribution is -0.140. The molecular formula is C20H31N3O2. The molecule has 1 amide bonds. The van der Waals surface area contributed by atoms with Crippen molar-refractivity contribution in [1.82, 2.24) is 15.1 Å². The van der Waals surface area contributed by atoms with Gasteiger partial charge in [0.15, 0.2) is 0 Å². The number of hydrogen-bond acceptors (Lipinski definition) is 4. The second kappa shape index (κ2) is 8.79. The molecule has 2 aliphatic rings. The summed E-state index contributed by atoms with van der Waals surface area (Å²) in [5.41, 5.74) is 1.28. The molecule has 3 rings (SSSR count). The van der Waals surface area contributed by atoms with Crippen molar-refractivity contribution in [3.63, 3.8) is 0 Å². The van der Waals surface area contributed by atoms with Gasteiger partial charge in [0, 0.05) is 38.3 Å². The van der Waals surface area contributed by atoms with Gasteiger partial charge in [-0.05, 0) is 31.9 Å². The molecule has 3 atom stereocenters. The summed E-state index contributed by atoms with van der Waals surface area (Å²) in [6.07, 6.45) is 1.71. The number of amides is 1. The summed E-state index contributed by atoms with van der Waals surface area (Å²) in [5, 5.41) is 3.23. The fraction of sp³-hybridized carbons (Fsp3) is 0.650. The van der Waals surface area contributed by atoms with Crippen molar-refractivity contribution in [2.24, 2.45) is 0 Å². The SMILES string of the molecule is CCN1CC[C@H](NC(=O)[C@H]2CN(Cc3ccccc3)CCO2)C[C@H]1C. The van der Waals surface area contributed by atoms with Gasteiger partial charge in [-0.1, -0.05) is 37.3 Å². The molecule has 2 heterocycles. The molecule has 5 heteroatoms. The second-order valence-electron chi connectivity index (χ2n) is 7.29. The Morgan fingerprint density at radius 1 is 1.28 bits per heavy atom. The normalized spacial score (nSPS) is 28.6. The topological polar surface area (TPSA) is 44.8 Å².